The smallest absolute Gasteiger partial charge is 0.243 e. The summed E-state index contributed by atoms with van der Waals surface area (Å²) >= 11 is 1.33. The van der Waals surface area contributed by atoms with Crippen LogP contribution in [0.1, 0.15) is 45.0 Å². The molecular weight excluding hydrogens is 351 g/mol. The lowest BCUT2D eigenvalue weighted by molar-refractivity contribution is -0.123. The predicted octanol–water partition coefficient (Wildman–Crippen LogP) is 3.40. The number of carbonyl (C=O) groups excluding carboxylic acids is 1. The molecule has 0 spiro atoms. The van der Waals surface area contributed by atoms with Crippen molar-refractivity contribution in [1.29, 1.82) is 0 Å². The average molecular weight is 377 g/mol. The molecule has 0 saturated carbocycles. The fraction of sp³-hybridized carbons (Fsp3) is 0.526. The van der Waals surface area contributed by atoms with Gasteiger partial charge < -0.3 is 10.2 Å². The van der Waals surface area contributed by atoms with E-state index in [0.717, 1.165) is 30.1 Å². The van der Waals surface area contributed by atoms with Gasteiger partial charge in [0.1, 0.15) is 17.7 Å². The Morgan fingerprint density at radius 1 is 1.35 bits per heavy atom. The Bertz CT molecular complexity index is 746. The minimum atomic E-state index is -0.248. The third-order valence-corrected chi connectivity index (χ3v) is 5.70. The van der Waals surface area contributed by atoms with Gasteiger partial charge in [-0.1, -0.05) is 26.0 Å². The Morgan fingerprint density at radius 2 is 2.08 bits per heavy atom. The molecule has 3 rings (SSSR count). The summed E-state index contributed by atoms with van der Waals surface area (Å²) in [6, 6.07) is 6.35. The van der Waals surface area contributed by atoms with E-state index in [4.69, 9.17) is 0 Å². The number of halogens is 1. The van der Waals surface area contributed by atoms with Crippen molar-refractivity contribution in [1.82, 2.24) is 14.7 Å². The van der Waals surface area contributed by atoms with E-state index in [-0.39, 0.29) is 23.8 Å². The van der Waals surface area contributed by atoms with Crippen LogP contribution in [0.2, 0.25) is 0 Å². The molecule has 2 aromatic rings. The summed E-state index contributed by atoms with van der Waals surface area (Å²) in [5, 5.41) is 3.90. The van der Waals surface area contributed by atoms with E-state index in [0.29, 0.717) is 18.2 Å². The van der Waals surface area contributed by atoms with Crippen molar-refractivity contribution in [3.63, 3.8) is 0 Å². The molecule has 1 N–H and O–H groups in total. The quantitative estimate of drug-likeness (QED) is 0.839. The van der Waals surface area contributed by atoms with Crippen LogP contribution in [-0.4, -0.2) is 33.9 Å². The van der Waals surface area contributed by atoms with Crippen LogP contribution in [0.15, 0.2) is 24.3 Å². The summed E-state index contributed by atoms with van der Waals surface area (Å²) in [5.74, 6) is 0.928. The third-order valence-electron chi connectivity index (χ3n) is 4.90. The zero-order valence-corrected chi connectivity index (χ0v) is 16.2. The van der Waals surface area contributed by atoms with Crippen molar-refractivity contribution in [3.8, 4) is 0 Å². The highest BCUT2D eigenvalue weighted by molar-refractivity contribution is 7.09. The molecular formula is C19H25FN4OS. The van der Waals surface area contributed by atoms with Crippen molar-refractivity contribution >= 4 is 22.6 Å². The van der Waals surface area contributed by atoms with E-state index < -0.39 is 0 Å². The lowest BCUT2D eigenvalue weighted by Gasteiger charge is -2.25. The van der Waals surface area contributed by atoms with Crippen LogP contribution < -0.4 is 10.2 Å². The second-order valence-electron chi connectivity index (χ2n) is 7.19. The standard InChI is InChI=1S/C19H25FN4OS/c1-12(2)13(3)21-18(25)16-5-4-10-24(16)19-22-17(23-26-19)11-14-6-8-15(20)9-7-14/h6-9,12-13,16H,4-5,10-11H2,1-3H3,(H,21,25)/t13-,16-/m1/s1. The Labute approximate surface area is 157 Å². The maximum absolute atomic E-state index is 13.0. The van der Waals surface area contributed by atoms with Gasteiger partial charge in [-0.05, 0) is 43.4 Å². The average Bonchev–Trinajstić information content (AvgIpc) is 3.25. The van der Waals surface area contributed by atoms with Gasteiger partial charge in [-0.2, -0.15) is 4.37 Å². The Hall–Kier alpha value is -2.02. The van der Waals surface area contributed by atoms with Crippen molar-refractivity contribution < 1.29 is 9.18 Å². The number of anilines is 1. The third kappa shape index (κ3) is 4.38. The number of amides is 1. The highest BCUT2D eigenvalue weighted by atomic mass is 32.1. The van der Waals surface area contributed by atoms with Gasteiger partial charge >= 0.3 is 0 Å². The van der Waals surface area contributed by atoms with E-state index in [1.807, 2.05) is 6.92 Å². The molecule has 2 atom stereocenters. The molecule has 1 aromatic carbocycles. The minimum Gasteiger partial charge on any atom is -0.352 e. The van der Waals surface area contributed by atoms with Gasteiger partial charge in [0, 0.05) is 30.5 Å². The summed E-state index contributed by atoms with van der Waals surface area (Å²) in [5.41, 5.74) is 0.970. The molecule has 1 amide bonds. The molecule has 140 valence electrons. The zero-order chi connectivity index (χ0) is 18.7. The number of nitrogens with one attached hydrogen (secondary N) is 1. The van der Waals surface area contributed by atoms with Crippen LogP contribution in [-0.2, 0) is 11.2 Å². The van der Waals surface area contributed by atoms with Crippen molar-refractivity contribution in [2.24, 2.45) is 5.92 Å². The number of hydrogen-bond acceptors (Lipinski definition) is 5. The lowest BCUT2D eigenvalue weighted by atomic mass is 10.1. The highest BCUT2D eigenvalue weighted by Gasteiger charge is 2.33. The van der Waals surface area contributed by atoms with Crippen LogP contribution in [0.4, 0.5) is 9.52 Å². The molecule has 0 radical (unpaired) electrons. The summed E-state index contributed by atoms with van der Waals surface area (Å²) in [6.07, 6.45) is 2.37. The largest absolute Gasteiger partial charge is 0.352 e. The molecule has 1 aliphatic rings. The SMILES string of the molecule is CC(C)[C@@H](C)NC(=O)[C@H]1CCCN1c1nc(Cc2ccc(F)cc2)ns1. The van der Waals surface area contributed by atoms with Crippen molar-refractivity contribution in [2.45, 2.75) is 52.1 Å². The Kier molecular flexibility index (Phi) is 5.86. The van der Waals surface area contributed by atoms with Crippen LogP contribution in [0.5, 0.6) is 0 Å². The molecule has 1 saturated heterocycles. The Balaban J connectivity index is 1.67. The van der Waals surface area contributed by atoms with E-state index in [1.54, 1.807) is 12.1 Å². The van der Waals surface area contributed by atoms with Crippen LogP contribution in [0, 0.1) is 11.7 Å². The van der Waals surface area contributed by atoms with E-state index in [2.05, 4.69) is 33.4 Å². The van der Waals surface area contributed by atoms with Crippen LogP contribution in [0.3, 0.4) is 0 Å². The topological polar surface area (TPSA) is 58.1 Å². The molecule has 7 heteroatoms. The van der Waals surface area contributed by atoms with E-state index in [1.165, 1.54) is 23.7 Å². The number of benzene rings is 1. The first-order valence-electron chi connectivity index (χ1n) is 9.08. The maximum atomic E-state index is 13.0. The molecule has 5 nitrogen and oxygen atoms in total. The van der Waals surface area contributed by atoms with Gasteiger partial charge in [-0.15, -0.1) is 0 Å². The molecule has 26 heavy (non-hydrogen) atoms. The summed E-state index contributed by atoms with van der Waals surface area (Å²) in [6.45, 7) is 7.06. The molecule has 2 heterocycles. The molecule has 1 fully saturated rings. The van der Waals surface area contributed by atoms with E-state index in [9.17, 15) is 9.18 Å². The maximum Gasteiger partial charge on any atom is 0.243 e. The zero-order valence-electron chi connectivity index (χ0n) is 15.4. The van der Waals surface area contributed by atoms with E-state index >= 15 is 0 Å². The molecule has 1 aromatic heterocycles. The van der Waals surface area contributed by atoms with Crippen molar-refractivity contribution in [2.75, 3.05) is 11.4 Å². The lowest BCUT2D eigenvalue weighted by Crippen LogP contribution is -2.47. The molecule has 0 unspecified atom stereocenters. The van der Waals surface area contributed by atoms with Gasteiger partial charge in [0.15, 0.2) is 0 Å². The first-order chi connectivity index (χ1) is 12.4. The van der Waals surface area contributed by atoms with Crippen LogP contribution in [0.25, 0.3) is 0 Å². The van der Waals surface area contributed by atoms with Gasteiger partial charge in [-0.3, -0.25) is 4.79 Å². The molecule has 0 aliphatic carbocycles. The highest BCUT2D eigenvalue weighted by Crippen LogP contribution is 2.28. The Morgan fingerprint density at radius 3 is 2.77 bits per heavy atom. The second-order valence-corrected chi connectivity index (χ2v) is 7.92. The first kappa shape index (κ1) is 18.8. The molecule has 0 bridgehead atoms. The predicted molar refractivity (Wildman–Crippen MR) is 102 cm³/mol. The summed E-state index contributed by atoms with van der Waals surface area (Å²) in [4.78, 5) is 19.3. The molecule has 1 aliphatic heterocycles. The van der Waals surface area contributed by atoms with Gasteiger partial charge in [-0.25, -0.2) is 9.37 Å². The number of aromatic nitrogens is 2. The fourth-order valence-electron chi connectivity index (χ4n) is 2.97. The monoisotopic (exact) mass is 376 g/mol. The minimum absolute atomic E-state index is 0.0685. The number of rotatable bonds is 6. The summed E-state index contributed by atoms with van der Waals surface area (Å²) < 4.78 is 17.4. The second kappa shape index (κ2) is 8.12. The van der Waals surface area contributed by atoms with Gasteiger partial charge in [0.05, 0.1) is 0 Å². The number of hydrogen-bond donors (Lipinski definition) is 1. The first-order valence-corrected chi connectivity index (χ1v) is 9.85. The van der Waals surface area contributed by atoms with Gasteiger partial charge in [0.2, 0.25) is 11.0 Å². The number of carbonyl (C=O) groups is 1. The summed E-state index contributed by atoms with van der Waals surface area (Å²) in [7, 11) is 0. The normalized spacial score (nSPS) is 18.3. The van der Waals surface area contributed by atoms with Crippen molar-refractivity contribution in [3.05, 3.63) is 41.5 Å². The number of nitrogens with zero attached hydrogens (tertiary/aromatic N) is 3. The van der Waals surface area contributed by atoms with Crippen LogP contribution >= 0.6 is 11.5 Å². The van der Waals surface area contributed by atoms with Gasteiger partial charge in [0.25, 0.3) is 0 Å². The fourth-order valence-corrected chi connectivity index (χ4v) is 3.74.